The topological polar surface area (TPSA) is 47.6 Å². The number of nitrogens with one attached hydrogen (secondary N) is 1. The summed E-state index contributed by atoms with van der Waals surface area (Å²) in [6.45, 7) is 4.75. The van der Waals surface area contributed by atoms with E-state index in [9.17, 15) is 31.1 Å². The molecule has 3 aromatic carbocycles. The molecule has 0 fully saturated rings. The molecule has 208 valence electrons. The first-order valence-electron chi connectivity index (χ1n) is 11.9. The summed E-state index contributed by atoms with van der Waals surface area (Å²) in [5.41, 5.74) is -3.15. The number of alkyl halides is 6. The molecule has 0 aliphatic rings. The van der Waals surface area contributed by atoms with E-state index in [0.29, 0.717) is 17.7 Å². The van der Waals surface area contributed by atoms with E-state index in [1.165, 1.54) is 13.0 Å². The van der Waals surface area contributed by atoms with E-state index in [-0.39, 0.29) is 31.3 Å². The Balaban J connectivity index is 1.89. The van der Waals surface area contributed by atoms with Crippen LogP contribution in [-0.4, -0.2) is 12.7 Å². The van der Waals surface area contributed by atoms with Crippen LogP contribution in [-0.2, 0) is 34.0 Å². The Morgan fingerprint density at radius 2 is 1.41 bits per heavy atom. The van der Waals surface area contributed by atoms with Gasteiger partial charge in [-0.05, 0) is 48.2 Å². The van der Waals surface area contributed by atoms with Crippen molar-refractivity contribution in [1.29, 1.82) is 0 Å². The smallest absolute Gasteiger partial charge is 0.416 e. The molecule has 3 aromatic rings. The number of carbonyl (C=O) groups is 1. The molecule has 0 bridgehead atoms. The lowest BCUT2D eigenvalue weighted by Gasteiger charge is -2.35. The van der Waals surface area contributed by atoms with Crippen LogP contribution in [0.25, 0.3) is 0 Å². The Kier molecular flexibility index (Phi) is 9.45. The van der Waals surface area contributed by atoms with E-state index in [2.05, 4.69) is 11.9 Å². The van der Waals surface area contributed by atoms with Gasteiger partial charge < -0.3 is 14.8 Å². The monoisotopic (exact) mass is 551 g/mol. The van der Waals surface area contributed by atoms with E-state index >= 15 is 0 Å². The molecule has 0 radical (unpaired) electrons. The third-order valence-electron chi connectivity index (χ3n) is 6.03. The minimum Gasteiger partial charge on any atom is -0.445 e. The molecule has 1 unspecified atom stereocenters. The van der Waals surface area contributed by atoms with Crippen LogP contribution in [0.3, 0.4) is 0 Å². The Morgan fingerprint density at radius 1 is 0.872 bits per heavy atom. The van der Waals surface area contributed by atoms with Gasteiger partial charge in [0.1, 0.15) is 6.61 Å². The van der Waals surface area contributed by atoms with Gasteiger partial charge >= 0.3 is 18.4 Å². The highest BCUT2D eigenvalue weighted by atomic mass is 19.4. The Hall–Kier alpha value is -3.79. The Morgan fingerprint density at radius 3 is 1.92 bits per heavy atom. The number of hydrogen-bond acceptors (Lipinski definition) is 3. The maximum absolute atomic E-state index is 13.4. The predicted molar refractivity (Wildman–Crippen MR) is 134 cm³/mol. The SMILES string of the molecule is C=CC[C@](COC(C)c1cc(C(F)(F)F)cc(C(F)(F)F)c1)(NC(=O)OCc1ccccc1)c1ccccc1. The minimum absolute atomic E-state index is 0.0205. The first kappa shape index (κ1) is 29.8. The van der Waals surface area contributed by atoms with Gasteiger partial charge in [0, 0.05) is 0 Å². The Labute approximate surface area is 222 Å². The van der Waals surface area contributed by atoms with E-state index in [4.69, 9.17) is 9.47 Å². The fourth-order valence-corrected chi connectivity index (χ4v) is 3.95. The van der Waals surface area contributed by atoms with Crippen molar-refractivity contribution in [2.45, 2.75) is 43.9 Å². The molecule has 4 nitrogen and oxygen atoms in total. The highest BCUT2D eigenvalue weighted by Crippen LogP contribution is 2.38. The maximum atomic E-state index is 13.4. The number of halogens is 6. The van der Waals surface area contributed by atoms with Crippen LogP contribution in [0.2, 0.25) is 0 Å². The van der Waals surface area contributed by atoms with E-state index in [1.807, 2.05) is 6.07 Å². The first-order valence-corrected chi connectivity index (χ1v) is 11.9. The van der Waals surface area contributed by atoms with Crippen LogP contribution >= 0.6 is 0 Å². The lowest BCUT2D eigenvalue weighted by atomic mass is 9.87. The number of ether oxygens (including phenoxy) is 2. The molecule has 10 heteroatoms. The number of rotatable bonds is 10. The van der Waals surface area contributed by atoms with Crippen LogP contribution in [0.5, 0.6) is 0 Å². The average molecular weight is 552 g/mol. The molecule has 3 rings (SSSR count). The molecule has 0 saturated carbocycles. The predicted octanol–water partition coefficient (Wildman–Crippen LogP) is 8.20. The highest BCUT2D eigenvalue weighted by Gasteiger charge is 2.38. The van der Waals surface area contributed by atoms with Gasteiger partial charge in [-0.25, -0.2) is 4.79 Å². The zero-order valence-electron chi connectivity index (χ0n) is 21.0. The molecule has 0 saturated heterocycles. The Bertz CT molecular complexity index is 1210. The van der Waals surface area contributed by atoms with Crippen molar-refractivity contribution in [3.8, 4) is 0 Å². The van der Waals surface area contributed by atoms with Crippen molar-refractivity contribution in [3.05, 3.63) is 119 Å². The molecule has 1 amide bonds. The van der Waals surface area contributed by atoms with Gasteiger partial charge in [0.15, 0.2) is 0 Å². The quantitative estimate of drug-likeness (QED) is 0.204. The number of amides is 1. The van der Waals surface area contributed by atoms with Crippen LogP contribution in [0.4, 0.5) is 31.1 Å². The third-order valence-corrected chi connectivity index (χ3v) is 6.03. The summed E-state index contributed by atoms with van der Waals surface area (Å²) in [7, 11) is 0. The van der Waals surface area contributed by atoms with E-state index in [1.54, 1.807) is 54.6 Å². The van der Waals surface area contributed by atoms with Crippen molar-refractivity contribution >= 4 is 6.09 Å². The minimum atomic E-state index is -4.99. The maximum Gasteiger partial charge on any atom is 0.416 e. The number of alkyl carbamates (subject to hydrolysis) is 1. The molecule has 1 N–H and O–H groups in total. The molecule has 0 spiro atoms. The second-order valence-electron chi connectivity index (χ2n) is 8.92. The first-order chi connectivity index (χ1) is 18.3. The van der Waals surface area contributed by atoms with E-state index < -0.39 is 41.2 Å². The van der Waals surface area contributed by atoms with Gasteiger partial charge in [-0.2, -0.15) is 26.3 Å². The van der Waals surface area contributed by atoms with Crippen LogP contribution < -0.4 is 5.32 Å². The van der Waals surface area contributed by atoms with Gasteiger partial charge in [-0.3, -0.25) is 0 Å². The molecule has 0 aliphatic carbocycles. The summed E-state index contributed by atoms with van der Waals surface area (Å²) >= 11 is 0. The van der Waals surface area contributed by atoms with Gasteiger partial charge in [0.05, 0.1) is 29.4 Å². The molecule has 0 aromatic heterocycles. The van der Waals surface area contributed by atoms with E-state index in [0.717, 1.165) is 5.56 Å². The molecule has 39 heavy (non-hydrogen) atoms. The molecule has 0 aliphatic heterocycles. The van der Waals surface area contributed by atoms with Crippen molar-refractivity contribution < 1.29 is 40.6 Å². The highest BCUT2D eigenvalue weighted by molar-refractivity contribution is 5.69. The van der Waals surface area contributed by atoms with Crippen LogP contribution in [0.1, 0.15) is 47.3 Å². The van der Waals surface area contributed by atoms with Gasteiger partial charge in [-0.1, -0.05) is 66.7 Å². The van der Waals surface area contributed by atoms with Crippen molar-refractivity contribution in [3.63, 3.8) is 0 Å². The largest absolute Gasteiger partial charge is 0.445 e. The number of carbonyl (C=O) groups excluding carboxylic acids is 1. The summed E-state index contributed by atoms with van der Waals surface area (Å²) in [6.07, 6.45) is -10.3. The summed E-state index contributed by atoms with van der Waals surface area (Å²) < 4.78 is 91.3. The zero-order chi connectivity index (χ0) is 28.7. The standard InChI is InChI=1S/C29H27F6NO3/c1-3-14-27(23-12-8-5-9-13-23,36-26(37)38-18-21-10-6-4-7-11-21)19-39-20(2)22-15-24(28(30,31)32)17-25(16-22)29(33,34)35/h3-13,15-17,20H,1,14,18-19H2,2H3,(H,36,37)/t20?,27-/m1/s1. The molecule has 0 heterocycles. The lowest BCUT2D eigenvalue weighted by Crippen LogP contribution is -2.49. The molecule has 2 atom stereocenters. The van der Waals surface area contributed by atoms with Crippen LogP contribution in [0.15, 0.2) is 91.5 Å². The molecular formula is C29H27F6NO3. The molecular weight excluding hydrogens is 524 g/mol. The fraction of sp³-hybridized carbons (Fsp3) is 0.276. The zero-order valence-corrected chi connectivity index (χ0v) is 21.0. The second-order valence-corrected chi connectivity index (χ2v) is 8.92. The number of hydrogen-bond donors (Lipinski definition) is 1. The van der Waals surface area contributed by atoms with Crippen LogP contribution in [0, 0.1) is 0 Å². The summed E-state index contributed by atoms with van der Waals surface area (Å²) in [6, 6.07) is 18.9. The lowest BCUT2D eigenvalue weighted by molar-refractivity contribution is -0.143. The summed E-state index contributed by atoms with van der Waals surface area (Å²) in [5.74, 6) is 0. The summed E-state index contributed by atoms with van der Waals surface area (Å²) in [5, 5.41) is 2.78. The second kappa shape index (κ2) is 12.4. The van der Waals surface area contributed by atoms with Gasteiger partial charge in [-0.15, -0.1) is 6.58 Å². The van der Waals surface area contributed by atoms with Gasteiger partial charge in [0.2, 0.25) is 0 Å². The average Bonchev–Trinajstić information content (AvgIpc) is 2.90. The van der Waals surface area contributed by atoms with Crippen molar-refractivity contribution in [1.82, 2.24) is 5.32 Å². The van der Waals surface area contributed by atoms with Crippen molar-refractivity contribution in [2.75, 3.05) is 6.61 Å². The summed E-state index contributed by atoms with van der Waals surface area (Å²) in [4.78, 5) is 12.8. The third kappa shape index (κ3) is 8.10. The fourth-order valence-electron chi connectivity index (χ4n) is 3.95. The number of benzene rings is 3. The van der Waals surface area contributed by atoms with Gasteiger partial charge in [0.25, 0.3) is 0 Å². The van der Waals surface area contributed by atoms with Crippen molar-refractivity contribution in [2.24, 2.45) is 0 Å². The normalized spacial score (nSPS) is 14.2.